The molecule has 1 heterocycles. The lowest BCUT2D eigenvalue weighted by Gasteiger charge is -2.16. The average Bonchev–Trinajstić information content (AvgIpc) is 3.14. The van der Waals surface area contributed by atoms with Crippen molar-refractivity contribution < 1.29 is 22.8 Å². The summed E-state index contributed by atoms with van der Waals surface area (Å²) >= 11 is 0. The molecule has 1 saturated heterocycles. The molecule has 31 heavy (non-hydrogen) atoms. The molecule has 1 aliphatic heterocycles. The zero-order valence-corrected chi connectivity index (χ0v) is 16.8. The van der Waals surface area contributed by atoms with E-state index in [1.807, 2.05) is 29.2 Å². The molecule has 162 valence electrons. The van der Waals surface area contributed by atoms with Crippen molar-refractivity contribution in [2.24, 2.45) is 0 Å². The van der Waals surface area contributed by atoms with Crippen LogP contribution in [0.5, 0.6) is 0 Å². The summed E-state index contributed by atoms with van der Waals surface area (Å²) in [7, 11) is 0. The number of amides is 3. The van der Waals surface area contributed by atoms with E-state index in [0.29, 0.717) is 19.5 Å². The Labute approximate surface area is 178 Å². The number of likely N-dealkylation sites (tertiary alicyclic amines) is 1. The fourth-order valence-corrected chi connectivity index (χ4v) is 3.22. The molecule has 0 atom stereocenters. The SMILES string of the molecule is O=C(NCC#Cc1cccc(C(F)(F)F)c1)NCc1cccc(CN2CCCC2=O)c1. The van der Waals surface area contributed by atoms with Crippen molar-refractivity contribution in [1.29, 1.82) is 0 Å². The molecule has 8 heteroatoms. The van der Waals surface area contributed by atoms with Gasteiger partial charge in [-0.05, 0) is 35.7 Å². The summed E-state index contributed by atoms with van der Waals surface area (Å²) in [5.41, 5.74) is 1.36. The third-order valence-corrected chi connectivity index (χ3v) is 4.75. The predicted octanol–water partition coefficient (Wildman–Crippen LogP) is 3.68. The summed E-state index contributed by atoms with van der Waals surface area (Å²) in [5.74, 6) is 5.40. The summed E-state index contributed by atoms with van der Waals surface area (Å²) < 4.78 is 38.1. The third kappa shape index (κ3) is 6.78. The molecule has 2 aromatic carbocycles. The zero-order valence-electron chi connectivity index (χ0n) is 16.8. The number of hydrogen-bond acceptors (Lipinski definition) is 2. The highest BCUT2D eigenvalue weighted by atomic mass is 19.4. The van der Waals surface area contributed by atoms with Crippen LogP contribution in [0.4, 0.5) is 18.0 Å². The Balaban J connectivity index is 1.45. The van der Waals surface area contributed by atoms with Gasteiger partial charge in [0.15, 0.2) is 0 Å². The smallest absolute Gasteiger partial charge is 0.338 e. The van der Waals surface area contributed by atoms with Gasteiger partial charge in [-0.1, -0.05) is 42.2 Å². The van der Waals surface area contributed by atoms with E-state index in [2.05, 4.69) is 22.5 Å². The Morgan fingerprint density at radius 1 is 1.06 bits per heavy atom. The number of carbonyl (C=O) groups excluding carboxylic acids is 2. The lowest BCUT2D eigenvalue weighted by atomic mass is 10.1. The minimum absolute atomic E-state index is 0.000804. The van der Waals surface area contributed by atoms with Crippen LogP contribution in [-0.4, -0.2) is 29.9 Å². The van der Waals surface area contributed by atoms with Crippen molar-refractivity contribution in [3.8, 4) is 11.8 Å². The van der Waals surface area contributed by atoms with Crippen molar-refractivity contribution >= 4 is 11.9 Å². The van der Waals surface area contributed by atoms with E-state index in [1.54, 1.807) is 0 Å². The van der Waals surface area contributed by atoms with Crippen LogP contribution in [0.3, 0.4) is 0 Å². The molecule has 0 saturated carbocycles. The second-order valence-corrected chi connectivity index (χ2v) is 7.16. The number of urea groups is 1. The van der Waals surface area contributed by atoms with Crippen LogP contribution in [0.15, 0.2) is 48.5 Å². The van der Waals surface area contributed by atoms with Crippen molar-refractivity contribution in [2.75, 3.05) is 13.1 Å². The number of halogens is 3. The van der Waals surface area contributed by atoms with Gasteiger partial charge < -0.3 is 15.5 Å². The molecular formula is C23H22F3N3O2. The molecule has 0 spiro atoms. The first-order valence-electron chi connectivity index (χ1n) is 9.85. The van der Waals surface area contributed by atoms with Gasteiger partial charge in [0, 0.05) is 31.6 Å². The van der Waals surface area contributed by atoms with Crippen LogP contribution in [0.1, 0.15) is 35.1 Å². The van der Waals surface area contributed by atoms with Gasteiger partial charge >= 0.3 is 12.2 Å². The summed E-state index contributed by atoms with van der Waals surface area (Å²) in [5, 5.41) is 5.26. The van der Waals surface area contributed by atoms with Crippen molar-refractivity contribution in [2.45, 2.75) is 32.1 Å². The van der Waals surface area contributed by atoms with E-state index in [4.69, 9.17) is 0 Å². The summed E-state index contributed by atoms with van der Waals surface area (Å²) in [6.45, 7) is 1.63. The fourth-order valence-electron chi connectivity index (χ4n) is 3.22. The second-order valence-electron chi connectivity index (χ2n) is 7.16. The molecular weight excluding hydrogens is 407 g/mol. The van der Waals surface area contributed by atoms with Gasteiger partial charge in [0.2, 0.25) is 5.91 Å². The van der Waals surface area contributed by atoms with Gasteiger partial charge in [0.1, 0.15) is 0 Å². The molecule has 0 bridgehead atoms. The normalized spacial score (nSPS) is 13.5. The molecule has 0 aromatic heterocycles. The molecule has 1 aliphatic rings. The topological polar surface area (TPSA) is 61.4 Å². The number of carbonyl (C=O) groups is 2. The fraction of sp³-hybridized carbons (Fsp3) is 0.304. The number of nitrogens with one attached hydrogen (secondary N) is 2. The predicted molar refractivity (Wildman–Crippen MR) is 110 cm³/mol. The van der Waals surface area contributed by atoms with E-state index < -0.39 is 17.8 Å². The van der Waals surface area contributed by atoms with E-state index in [-0.39, 0.29) is 18.0 Å². The average molecular weight is 429 g/mol. The Bertz CT molecular complexity index is 1010. The van der Waals surface area contributed by atoms with Gasteiger partial charge in [-0.15, -0.1) is 0 Å². The van der Waals surface area contributed by atoms with Crippen LogP contribution in [-0.2, 0) is 24.1 Å². The van der Waals surface area contributed by atoms with E-state index in [0.717, 1.165) is 36.2 Å². The molecule has 0 radical (unpaired) electrons. The molecule has 0 aliphatic carbocycles. The molecule has 1 fully saturated rings. The van der Waals surface area contributed by atoms with Gasteiger partial charge in [0.05, 0.1) is 12.1 Å². The van der Waals surface area contributed by atoms with Crippen molar-refractivity contribution in [1.82, 2.24) is 15.5 Å². The first-order valence-corrected chi connectivity index (χ1v) is 9.85. The van der Waals surface area contributed by atoms with Gasteiger partial charge in [-0.25, -0.2) is 4.79 Å². The maximum Gasteiger partial charge on any atom is 0.416 e. The van der Waals surface area contributed by atoms with Gasteiger partial charge in [-0.2, -0.15) is 13.2 Å². The van der Waals surface area contributed by atoms with Gasteiger partial charge in [0.25, 0.3) is 0 Å². The number of hydrogen-bond donors (Lipinski definition) is 2. The molecule has 0 unspecified atom stereocenters. The van der Waals surface area contributed by atoms with Crippen molar-refractivity contribution in [3.63, 3.8) is 0 Å². The highest BCUT2D eigenvalue weighted by molar-refractivity contribution is 5.78. The first-order chi connectivity index (χ1) is 14.8. The maximum atomic E-state index is 12.7. The van der Waals surface area contributed by atoms with Gasteiger partial charge in [-0.3, -0.25) is 4.79 Å². The number of rotatable bonds is 5. The lowest BCUT2D eigenvalue weighted by molar-refractivity contribution is -0.137. The van der Waals surface area contributed by atoms with E-state index in [1.165, 1.54) is 12.1 Å². The first kappa shape index (κ1) is 22.2. The Morgan fingerprint density at radius 3 is 2.58 bits per heavy atom. The number of benzene rings is 2. The maximum absolute atomic E-state index is 12.7. The standard InChI is InChI=1S/C23H22F3N3O2/c24-23(25,26)20-9-2-5-17(14-20)8-3-11-27-22(31)28-15-18-6-1-7-19(13-18)16-29-12-4-10-21(29)30/h1-2,5-7,9,13-14H,4,10-12,15-16H2,(H2,27,28,31). The zero-order chi connectivity index (χ0) is 22.3. The third-order valence-electron chi connectivity index (χ3n) is 4.75. The molecule has 5 nitrogen and oxygen atoms in total. The van der Waals surface area contributed by atoms with Crippen LogP contribution in [0.2, 0.25) is 0 Å². The Kier molecular flexibility index (Phi) is 7.19. The lowest BCUT2D eigenvalue weighted by Crippen LogP contribution is -2.35. The minimum atomic E-state index is -4.42. The van der Waals surface area contributed by atoms with Crippen molar-refractivity contribution in [3.05, 3.63) is 70.8 Å². The van der Waals surface area contributed by atoms with Crippen LogP contribution < -0.4 is 10.6 Å². The molecule has 2 aromatic rings. The molecule has 3 amide bonds. The quantitative estimate of drug-likeness (QED) is 0.713. The second kappa shape index (κ2) is 10.0. The Morgan fingerprint density at radius 2 is 1.84 bits per heavy atom. The minimum Gasteiger partial charge on any atom is -0.338 e. The Hall–Kier alpha value is -3.47. The van der Waals surface area contributed by atoms with Crippen LogP contribution >= 0.6 is 0 Å². The molecule has 2 N–H and O–H groups in total. The van der Waals surface area contributed by atoms with Crippen LogP contribution in [0.25, 0.3) is 0 Å². The molecule has 3 rings (SSSR count). The highest BCUT2D eigenvalue weighted by Crippen LogP contribution is 2.29. The highest BCUT2D eigenvalue weighted by Gasteiger charge is 2.30. The number of nitrogens with zero attached hydrogens (tertiary/aromatic N) is 1. The monoisotopic (exact) mass is 429 g/mol. The van der Waals surface area contributed by atoms with Crippen LogP contribution in [0, 0.1) is 11.8 Å². The van der Waals surface area contributed by atoms with E-state index in [9.17, 15) is 22.8 Å². The largest absolute Gasteiger partial charge is 0.416 e. The van der Waals surface area contributed by atoms with E-state index >= 15 is 0 Å². The number of alkyl halides is 3. The summed E-state index contributed by atoms with van der Waals surface area (Å²) in [6.07, 6.45) is -2.94. The summed E-state index contributed by atoms with van der Waals surface area (Å²) in [6, 6.07) is 11.9. The summed E-state index contributed by atoms with van der Waals surface area (Å²) in [4.78, 5) is 25.5.